The van der Waals surface area contributed by atoms with Gasteiger partial charge in [0.1, 0.15) is 23.2 Å². The number of rotatable bonds is 3. The molecule has 0 saturated heterocycles. The second-order valence-electron chi connectivity index (χ2n) is 5.75. The van der Waals surface area contributed by atoms with Crippen LogP contribution >= 0.6 is 11.3 Å². The van der Waals surface area contributed by atoms with Gasteiger partial charge in [-0.05, 0) is 30.3 Å². The number of hydrogen-bond acceptors (Lipinski definition) is 8. The Morgan fingerprint density at radius 2 is 2.07 bits per heavy atom. The van der Waals surface area contributed by atoms with E-state index in [4.69, 9.17) is 10.5 Å². The number of aromatic nitrogens is 2. The predicted octanol–water partition coefficient (Wildman–Crippen LogP) is 3.15. The van der Waals surface area contributed by atoms with Crippen LogP contribution in [-0.4, -0.2) is 21.4 Å². The highest BCUT2D eigenvalue weighted by Gasteiger charge is 2.14. The zero-order valence-corrected chi connectivity index (χ0v) is 15.3. The summed E-state index contributed by atoms with van der Waals surface area (Å²) in [5.74, 6) is 0.930. The molecule has 0 aliphatic carbocycles. The largest absolute Gasteiger partial charge is 0.497 e. The highest BCUT2D eigenvalue weighted by molar-refractivity contribution is 7.23. The molecule has 9 nitrogen and oxygen atoms in total. The number of nitro benzene ring substituents is 1. The summed E-state index contributed by atoms with van der Waals surface area (Å²) in [7, 11) is 1.59. The monoisotopic (exact) mass is 392 g/mol. The molecule has 0 aliphatic heterocycles. The van der Waals surface area contributed by atoms with E-state index >= 15 is 0 Å². The molecule has 0 amide bonds. The lowest BCUT2D eigenvalue weighted by molar-refractivity contribution is -0.384. The highest BCUT2D eigenvalue weighted by Crippen LogP contribution is 2.30. The van der Waals surface area contributed by atoms with Gasteiger partial charge in [-0.15, -0.1) is 0 Å². The number of nitriles is 1. The second-order valence-corrected chi connectivity index (χ2v) is 6.76. The van der Waals surface area contributed by atoms with Crippen molar-refractivity contribution in [2.75, 3.05) is 12.8 Å². The predicted molar refractivity (Wildman–Crippen MR) is 105 cm³/mol. The summed E-state index contributed by atoms with van der Waals surface area (Å²) in [6, 6.07) is 13.2. The molecule has 0 radical (unpaired) electrons. The van der Waals surface area contributed by atoms with Crippen LogP contribution in [0, 0.1) is 21.4 Å². The van der Waals surface area contributed by atoms with Gasteiger partial charge in [-0.2, -0.15) is 10.2 Å². The van der Waals surface area contributed by atoms with Gasteiger partial charge in [0, 0.05) is 12.1 Å². The summed E-state index contributed by atoms with van der Waals surface area (Å²) in [5, 5.41) is 20.4. The first-order valence-electron chi connectivity index (χ1n) is 8.00. The van der Waals surface area contributed by atoms with Crippen molar-refractivity contribution in [2.45, 2.75) is 0 Å². The minimum Gasteiger partial charge on any atom is -0.497 e. The van der Waals surface area contributed by atoms with E-state index in [1.54, 1.807) is 11.5 Å². The molecule has 2 aromatic carbocycles. The van der Waals surface area contributed by atoms with Gasteiger partial charge in [0.25, 0.3) is 5.69 Å². The Hall–Kier alpha value is -3.97. The number of anilines is 1. The van der Waals surface area contributed by atoms with E-state index in [-0.39, 0.29) is 22.6 Å². The maximum Gasteiger partial charge on any atom is 0.269 e. The molecule has 0 atom stereocenters. The Morgan fingerprint density at radius 1 is 1.32 bits per heavy atom. The maximum absolute atomic E-state index is 10.8. The first kappa shape index (κ1) is 17.4. The van der Waals surface area contributed by atoms with E-state index in [1.165, 1.54) is 35.6 Å². The van der Waals surface area contributed by atoms with Crippen LogP contribution in [0.5, 0.6) is 5.75 Å². The topological polar surface area (TPSA) is 132 Å². The number of non-ortho nitro benzene ring substituents is 1. The van der Waals surface area contributed by atoms with Crippen LogP contribution in [0.1, 0.15) is 5.56 Å². The molecule has 0 saturated carbocycles. The molecule has 0 aliphatic rings. The number of nitro groups is 1. The van der Waals surface area contributed by atoms with Crippen molar-refractivity contribution in [3.8, 4) is 11.8 Å². The van der Waals surface area contributed by atoms with Crippen LogP contribution < -0.4 is 16.0 Å². The minimum atomic E-state index is -0.491. The van der Waals surface area contributed by atoms with E-state index in [0.717, 1.165) is 10.2 Å². The molecule has 2 aromatic heterocycles. The average molecular weight is 392 g/mol. The molecule has 4 rings (SSSR count). The molecule has 0 unspecified atom stereocenters. The van der Waals surface area contributed by atoms with E-state index < -0.39 is 4.92 Å². The van der Waals surface area contributed by atoms with Crippen LogP contribution in [0.3, 0.4) is 0 Å². The summed E-state index contributed by atoms with van der Waals surface area (Å²) in [6.45, 7) is 0. The fourth-order valence-corrected chi connectivity index (χ4v) is 3.83. The number of nitrogens with two attached hydrogens (primary N) is 1. The number of benzene rings is 2. The van der Waals surface area contributed by atoms with Crippen LogP contribution in [0.2, 0.25) is 0 Å². The number of fused-ring (bicyclic) bond motifs is 3. The van der Waals surface area contributed by atoms with Crippen molar-refractivity contribution >= 4 is 43.7 Å². The summed E-state index contributed by atoms with van der Waals surface area (Å²) in [6.07, 6.45) is 0. The van der Waals surface area contributed by atoms with Crippen molar-refractivity contribution in [2.24, 2.45) is 4.99 Å². The third-order valence-electron chi connectivity index (χ3n) is 4.13. The molecule has 0 fully saturated rings. The smallest absolute Gasteiger partial charge is 0.269 e. The average Bonchev–Trinajstić information content (AvgIpc) is 3.06. The van der Waals surface area contributed by atoms with Gasteiger partial charge in [0.05, 0.1) is 27.9 Å². The number of ether oxygens (including phenoxy) is 1. The van der Waals surface area contributed by atoms with Crippen molar-refractivity contribution < 1.29 is 9.66 Å². The first-order valence-corrected chi connectivity index (χ1v) is 8.81. The number of hydrogen-bond donors (Lipinski definition) is 1. The Kier molecular flexibility index (Phi) is 4.14. The lowest BCUT2D eigenvalue weighted by Crippen LogP contribution is -2.18. The Labute approximate surface area is 161 Å². The molecule has 2 N–H and O–H groups in total. The molecule has 138 valence electrons. The lowest BCUT2D eigenvalue weighted by atomic mass is 10.2. The van der Waals surface area contributed by atoms with Gasteiger partial charge in [-0.25, -0.2) is 4.99 Å². The summed E-state index contributed by atoms with van der Waals surface area (Å²) in [5.41, 5.74) is 7.74. The molecule has 0 spiro atoms. The quantitative estimate of drug-likeness (QED) is 0.421. The Bertz CT molecular complexity index is 1350. The van der Waals surface area contributed by atoms with Crippen molar-refractivity contribution in [3.63, 3.8) is 0 Å². The first-order chi connectivity index (χ1) is 13.5. The van der Waals surface area contributed by atoms with Gasteiger partial charge in [0.2, 0.25) is 0 Å². The van der Waals surface area contributed by atoms with Gasteiger partial charge in [-0.3, -0.25) is 14.5 Å². The third-order valence-corrected chi connectivity index (χ3v) is 5.13. The SMILES string of the molecule is COc1ccc2c(c1)sc1nc(=Nc3ccc([N+](=O)[O-])cc3)c(C#N)c(N)n12. The fraction of sp³-hybridized carbons (Fsp3) is 0.0556. The van der Waals surface area contributed by atoms with Crippen LogP contribution in [-0.2, 0) is 0 Å². The molecule has 4 aromatic rings. The normalized spacial score (nSPS) is 11.6. The zero-order valence-electron chi connectivity index (χ0n) is 14.5. The van der Waals surface area contributed by atoms with Crippen molar-refractivity contribution in [1.82, 2.24) is 9.38 Å². The molecular weight excluding hydrogens is 380 g/mol. The maximum atomic E-state index is 10.8. The highest BCUT2D eigenvalue weighted by atomic mass is 32.1. The van der Waals surface area contributed by atoms with Gasteiger partial charge >= 0.3 is 0 Å². The zero-order chi connectivity index (χ0) is 19.8. The summed E-state index contributed by atoms with van der Waals surface area (Å²) >= 11 is 1.39. The second kappa shape index (κ2) is 6.64. The standard InChI is InChI=1S/C18H12N6O3S/c1-27-12-6-7-14-15(8-12)28-18-22-17(13(9-19)16(20)23(14)18)21-10-2-4-11(5-3-10)24(25)26/h2-8H,20H2,1H3. The third kappa shape index (κ3) is 2.80. The van der Waals surface area contributed by atoms with Crippen LogP contribution in [0.25, 0.3) is 15.2 Å². The minimum absolute atomic E-state index is 0.0450. The van der Waals surface area contributed by atoms with E-state index in [9.17, 15) is 15.4 Å². The Morgan fingerprint density at radius 3 is 2.71 bits per heavy atom. The van der Waals surface area contributed by atoms with E-state index in [1.807, 2.05) is 18.2 Å². The molecule has 28 heavy (non-hydrogen) atoms. The summed E-state index contributed by atoms with van der Waals surface area (Å²) in [4.78, 5) is 19.7. The Balaban J connectivity index is 1.97. The summed E-state index contributed by atoms with van der Waals surface area (Å²) < 4.78 is 7.85. The number of nitrogen functional groups attached to an aromatic ring is 1. The van der Waals surface area contributed by atoms with Gasteiger partial charge < -0.3 is 10.5 Å². The van der Waals surface area contributed by atoms with Crippen LogP contribution in [0.15, 0.2) is 47.5 Å². The number of nitrogens with zero attached hydrogens (tertiary/aromatic N) is 5. The number of thiazole rings is 1. The number of methoxy groups -OCH3 is 1. The van der Waals surface area contributed by atoms with Crippen molar-refractivity contribution in [1.29, 1.82) is 5.26 Å². The molecule has 10 heteroatoms. The lowest BCUT2D eigenvalue weighted by Gasteiger charge is -2.04. The van der Waals surface area contributed by atoms with Gasteiger partial charge in [-0.1, -0.05) is 11.3 Å². The van der Waals surface area contributed by atoms with Gasteiger partial charge in [0.15, 0.2) is 10.4 Å². The van der Waals surface area contributed by atoms with E-state index in [0.29, 0.717) is 16.4 Å². The molecular formula is C18H12N6O3S. The molecule has 2 heterocycles. The molecule has 0 bridgehead atoms. The van der Waals surface area contributed by atoms with E-state index in [2.05, 4.69) is 16.0 Å². The van der Waals surface area contributed by atoms with Crippen molar-refractivity contribution in [3.05, 3.63) is 63.6 Å². The van der Waals surface area contributed by atoms with Crippen LogP contribution in [0.4, 0.5) is 17.2 Å². The fourth-order valence-electron chi connectivity index (χ4n) is 2.77.